The van der Waals surface area contributed by atoms with Gasteiger partial charge in [-0.05, 0) is 98.2 Å². The summed E-state index contributed by atoms with van der Waals surface area (Å²) in [5, 5.41) is 3.06. The number of hydrazine groups is 1. The quantitative estimate of drug-likeness (QED) is 0.371. The Morgan fingerprint density at radius 2 is 1.62 bits per heavy atom. The molecule has 0 N–H and O–H groups in total. The lowest BCUT2D eigenvalue weighted by Crippen LogP contribution is -2.60. The highest BCUT2D eigenvalue weighted by molar-refractivity contribution is 5.77. The average molecular weight is 541 g/mol. The van der Waals surface area contributed by atoms with Crippen molar-refractivity contribution < 1.29 is 23.8 Å². The van der Waals surface area contributed by atoms with E-state index < -0.39 is 6.09 Å². The van der Waals surface area contributed by atoms with Crippen LogP contribution in [0.15, 0.2) is 12.2 Å². The first-order valence-corrected chi connectivity index (χ1v) is 16.0. The van der Waals surface area contributed by atoms with Crippen molar-refractivity contribution in [2.75, 3.05) is 13.2 Å². The number of ether oxygens (including phenoxy) is 3. The molecule has 5 bridgehead atoms. The Kier molecular flexibility index (Phi) is 6.30. The molecule has 5 aliphatic carbocycles. The predicted octanol–water partition coefficient (Wildman–Crippen LogP) is 6.57. The number of nitrogens with zero attached hydrogens (tertiary/aromatic N) is 2. The van der Waals surface area contributed by atoms with Gasteiger partial charge in [-0.2, -0.15) is 0 Å². The third-order valence-corrected chi connectivity index (χ3v) is 13.2. The van der Waals surface area contributed by atoms with Crippen LogP contribution in [-0.2, 0) is 14.2 Å². The van der Waals surface area contributed by atoms with Crippen molar-refractivity contribution in [1.82, 2.24) is 10.0 Å². The molecule has 12 atom stereocenters. The van der Waals surface area contributed by atoms with Gasteiger partial charge in [0.15, 0.2) is 0 Å². The Morgan fingerprint density at radius 1 is 0.897 bits per heavy atom. The van der Waals surface area contributed by atoms with Gasteiger partial charge in [0.1, 0.15) is 12.7 Å². The summed E-state index contributed by atoms with van der Waals surface area (Å²) in [6, 6.07) is -0.282. The molecule has 39 heavy (non-hydrogen) atoms. The van der Waals surface area contributed by atoms with Gasteiger partial charge in [0.25, 0.3) is 0 Å². The van der Waals surface area contributed by atoms with Crippen molar-refractivity contribution in [2.24, 2.45) is 46.3 Å². The van der Waals surface area contributed by atoms with Crippen molar-refractivity contribution in [3.8, 4) is 0 Å². The molecule has 0 aromatic heterocycles. The number of hydrogen-bond donors (Lipinski definition) is 0. The van der Waals surface area contributed by atoms with Crippen LogP contribution in [0, 0.1) is 46.3 Å². The smallest absolute Gasteiger partial charge is 0.429 e. The largest absolute Gasteiger partial charge is 0.446 e. The van der Waals surface area contributed by atoms with E-state index in [1.54, 1.807) is 5.01 Å². The SMILES string of the molecule is CC[C@@H](C)[C@H]1CC[C@H]2[C@@H]3[C@H]4C[C@@H]5C[C@@H](CC[C@]5(C)[C@H]3CC[C@]12C)OCCOC(=O)N1[C@H]2C=C[C@H](C2)N1C(=O)O4. The van der Waals surface area contributed by atoms with Crippen LogP contribution in [-0.4, -0.2) is 59.7 Å². The normalized spacial score (nSPS) is 49.6. The highest BCUT2D eigenvalue weighted by Gasteiger charge is 2.64. The van der Waals surface area contributed by atoms with Gasteiger partial charge < -0.3 is 14.2 Å². The minimum atomic E-state index is -0.475. The Hall–Kier alpha value is -1.76. The molecule has 216 valence electrons. The minimum absolute atomic E-state index is 0.108. The van der Waals surface area contributed by atoms with Gasteiger partial charge in [0.2, 0.25) is 0 Å². The first-order chi connectivity index (χ1) is 18.7. The number of rotatable bonds is 2. The molecule has 2 saturated heterocycles. The van der Waals surface area contributed by atoms with Crippen LogP contribution in [0.4, 0.5) is 9.59 Å². The Balaban J connectivity index is 1.25. The van der Waals surface area contributed by atoms with Crippen molar-refractivity contribution in [2.45, 2.75) is 116 Å². The van der Waals surface area contributed by atoms with Crippen LogP contribution in [0.3, 0.4) is 0 Å². The summed E-state index contributed by atoms with van der Waals surface area (Å²) >= 11 is 0. The maximum atomic E-state index is 14.0. The maximum Gasteiger partial charge on any atom is 0.429 e. The van der Waals surface area contributed by atoms with Crippen molar-refractivity contribution in [3.05, 3.63) is 12.2 Å². The Labute approximate surface area is 233 Å². The highest BCUT2D eigenvalue weighted by Crippen LogP contribution is 2.69. The second-order valence-corrected chi connectivity index (χ2v) is 14.6. The molecule has 2 heterocycles. The summed E-state index contributed by atoms with van der Waals surface area (Å²) in [7, 11) is 0. The van der Waals surface area contributed by atoms with E-state index in [4.69, 9.17) is 14.2 Å². The molecule has 2 aliphatic heterocycles. The predicted molar refractivity (Wildman–Crippen MR) is 146 cm³/mol. The van der Waals surface area contributed by atoms with E-state index in [1.165, 1.54) is 43.5 Å². The fourth-order valence-corrected chi connectivity index (χ4v) is 11.1. The van der Waals surface area contributed by atoms with Crippen LogP contribution >= 0.6 is 0 Å². The van der Waals surface area contributed by atoms with Gasteiger partial charge >= 0.3 is 12.2 Å². The molecule has 0 radical (unpaired) electrons. The van der Waals surface area contributed by atoms with Gasteiger partial charge in [-0.15, -0.1) is 0 Å². The molecule has 7 aliphatic rings. The molecule has 6 fully saturated rings. The van der Waals surface area contributed by atoms with Crippen LogP contribution in [0.2, 0.25) is 0 Å². The first kappa shape index (κ1) is 26.2. The minimum Gasteiger partial charge on any atom is -0.446 e. The number of amides is 2. The molecule has 0 spiro atoms. The molecular formula is C32H48N2O5. The van der Waals surface area contributed by atoms with Crippen molar-refractivity contribution in [3.63, 3.8) is 0 Å². The molecule has 0 aromatic carbocycles. The maximum absolute atomic E-state index is 14.0. The molecule has 7 rings (SSSR count). The van der Waals surface area contributed by atoms with E-state index in [0.717, 1.165) is 37.5 Å². The van der Waals surface area contributed by atoms with E-state index in [0.29, 0.717) is 35.7 Å². The van der Waals surface area contributed by atoms with Gasteiger partial charge in [-0.25, -0.2) is 19.6 Å². The van der Waals surface area contributed by atoms with E-state index in [2.05, 4.69) is 27.7 Å². The molecule has 4 saturated carbocycles. The second-order valence-electron chi connectivity index (χ2n) is 14.6. The van der Waals surface area contributed by atoms with E-state index in [1.807, 2.05) is 12.2 Å². The zero-order valence-electron chi connectivity index (χ0n) is 24.3. The van der Waals surface area contributed by atoms with Crippen molar-refractivity contribution >= 4 is 12.2 Å². The standard InChI is InChI=1S/C32H48N2O5/c1-5-19(2)24-8-9-25-28-26(11-13-32(24,25)4)31(3)12-10-23-16-20(31)17-27(28)39-30(36)34-22-7-6-21(18-22)33(34)29(35)38-15-14-37-23/h6-7,19-28H,5,8-18H2,1-4H3/t19-,20+,21+,22-,23-,24-,25+,26+,27-,28+,31+,32-/m1/s1. The van der Waals surface area contributed by atoms with Gasteiger partial charge in [0, 0.05) is 5.92 Å². The Bertz CT molecular complexity index is 1030. The van der Waals surface area contributed by atoms with Gasteiger partial charge in [-0.3, -0.25) is 0 Å². The number of carbonyl (C=O) groups is 2. The van der Waals surface area contributed by atoms with Crippen LogP contribution in [0.1, 0.15) is 91.9 Å². The zero-order chi connectivity index (χ0) is 27.1. The van der Waals surface area contributed by atoms with Crippen LogP contribution < -0.4 is 0 Å². The number of hydrogen-bond acceptors (Lipinski definition) is 5. The molecule has 7 heteroatoms. The molecule has 0 aromatic rings. The summed E-state index contributed by atoms with van der Waals surface area (Å²) < 4.78 is 18.5. The molecular weight excluding hydrogens is 492 g/mol. The number of carbonyl (C=O) groups excluding carboxylic acids is 2. The van der Waals surface area contributed by atoms with Gasteiger partial charge in [0.05, 0.1) is 24.8 Å². The fraction of sp³-hybridized carbons (Fsp3) is 0.875. The van der Waals surface area contributed by atoms with E-state index >= 15 is 0 Å². The Morgan fingerprint density at radius 3 is 2.38 bits per heavy atom. The lowest BCUT2D eigenvalue weighted by molar-refractivity contribution is -0.184. The molecule has 2 amide bonds. The number of fused-ring (bicyclic) bond motifs is 12. The first-order valence-electron chi connectivity index (χ1n) is 16.0. The summed E-state index contributed by atoms with van der Waals surface area (Å²) in [5.41, 5.74) is 0.588. The third-order valence-electron chi connectivity index (χ3n) is 13.2. The van der Waals surface area contributed by atoms with Crippen LogP contribution in [0.25, 0.3) is 0 Å². The molecule has 0 unspecified atom stereocenters. The fourth-order valence-electron chi connectivity index (χ4n) is 11.1. The second kappa shape index (κ2) is 9.39. The van der Waals surface area contributed by atoms with Gasteiger partial charge in [-0.1, -0.05) is 46.3 Å². The third kappa shape index (κ3) is 3.84. The van der Waals surface area contributed by atoms with E-state index in [9.17, 15) is 9.59 Å². The average Bonchev–Trinajstić information content (AvgIpc) is 3.63. The van der Waals surface area contributed by atoms with Crippen LogP contribution in [0.5, 0.6) is 0 Å². The number of cyclic esters (lactones) is 1. The lowest BCUT2D eigenvalue weighted by atomic mass is 9.43. The summed E-state index contributed by atoms with van der Waals surface area (Å²) in [6.07, 6.45) is 14.5. The topological polar surface area (TPSA) is 68.3 Å². The monoisotopic (exact) mass is 540 g/mol. The zero-order valence-corrected chi connectivity index (χ0v) is 24.3. The lowest BCUT2D eigenvalue weighted by Gasteiger charge is -2.63. The van der Waals surface area contributed by atoms with Crippen molar-refractivity contribution in [1.29, 1.82) is 0 Å². The van der Waals surface area contributed by atoms with E-state index in [-0.39, 0.29) is 42.4 Å². The summed E-state index contributed by atoms with van der Waals surface area (Å²) in [5.74, 6) is 3.53. The summed E-state index contributed by atoms with van der Waals surface area (Å²) in [6.45, 7) is 10.6. The summed E-state index contributed by atoms with van der Waals surface area (Å²) in [4.78, 5) is 27.1. The highest BCUT2D eigenvalue weighted by atomic mass is 16.6. The molecule has 7 nitrogen and oxygen atoms in total.